The summed E-state index contributed by atoms with van der Waals surface area (Å²) in [5.41, 5.74) is -1.24. The van der Waals surface area contributed by atoms with Gasteiger partial charge in [-0.15, -0.1) is 0 Å². The third kappa shape index (κ3) is 4.45. The molecule has 3 aromatic rings. The van der Waals surface area contributed by atoms with Crippen molar-refractivity contribution >= 4 is 17.4 Å². The van der Waals surface area contributed by atoms with Gasteiger partial charge in [-0.2, -0.15) is 0 Å². The van der Waals surface area contributed by atoms with Gasteiger partial charge in [-0.1, -0.05) is 6.07 Å². The van der Waals surface area contributed by atoms with E-state index in [0.717, 1.165) is 6.07 Å². The van der Waals surface area contributed by atoms with Crippen LogP contribution >= 0.6 is 0 Å². The first-order chi connectivity index (χ1) is 12.9. The van der Waals surface area contributed by atoms with Crippen molar-refractivity contribution in [3.63, 3.8) is 0 Å². The first-order valence-electron chi connectivity index (χ1n) is 7.58. The lowest BCUT2D eigenvalue weighted by atomic mass is 10.2. The molecule has 10 nitrogen and oxygen atoms in total. The number of hydrogen-bond acceptors (Lipinski definition) is 6. The Morgan fingerprint density at radius 1 is 1.00 bits per heavy atom. The number of anilines is 1. The second-order valence-electron chi connectivity index (χ2n) is 5.34. The molecular formula is C17H12N4O6. The number of aromatic amines is 2. The van der Waals surface area contributed by atoms with Crippen molar-refractivity contribution in [2.75, 3.05) is 5.32 Å². The van der Waals surface area contributed by atoms with E-state index in [4.69, 9.17) is 4.74 Å². The SMILES string of the molecule is O=C(Nc1cc(=O)[nH]c(=O)[nH]1)c1cccc(Oc2ccc([N+](=O)[O-])cc2)c1. The number of aromatic nitrogens is 2. The van der Waals surface area contributed by atoms with Gasteiger partial charge in [0.05, 0.1) is 4.92 Å². The molecule has 1 aromatic heterocycles. The van der Waals surface area contributed by atoms with Crippen molar-refractivity contribution in [2.24, 2.45) is 0 Å². The van der Waals surface area contributed by atoms with E-state index in [0.29, 0.717) is 11.5 Å². The minimum absolute atomic E-state index is 0.0459. The molecule has 2 aromatic carbocycles. The predicted molar refractivity (Wildman–Crippen MR) is 95.2 cm³/mol. The number of hydrogen-bond donors (Lipinski definition) is 3. The number of amides is 1. The molecule has 0 saturated heterocycles. The van der Waals surface area contributed by atoms with E-state index in [1.54, 1.807) is 12.1 Å². The summed E-state index contributed by atoms with van der Waals surface area (Å²) >= 11 is 0. The number of rotatable bonds is 5. The summed E-state index contributed by atoms with van der Waals surface area (Å²) in [7, 11) is 0. The van der Waals surface area contributed by atoms with Gasteiger partial charge in [0, 0.05) is 23.8 Å². The van der Waals surface area contributed by atoms with Crippen LogP contribution in [0.2, 0.25) is 0 Å². The van der Waals surface area contributed by atoms with Gasteiger partial charge in [0.1, 0.15) is 17.3 Å². The molecule has 0 spiro atoms. The van der Waals surface area contributed by atoms with Crippen LogP contribution in [0.15, 0.2) is 64.2 Å². The van der Waals surface area contributed by atoms with Gasteiger partial charge in [0.15, 0.2) is 0 Å². The number of non-ortho nitro benzene ring substituents is 1. The molecule has 0 fully saturated rings. The van der Waals surface area contributed by atoms with Crippen molar-refractivity contribution in [3.05, 3.63) is 91.1 Å². The molecule has 10 heteroatoms. The number of nitrogens with zero attached hydrogens (tertiary/aromatic N) is 1. The summed E-state index contributed by atoms with van der Waals surface area (Å²) in [5.74, 6) is 0.0776. The summed E-state index contributed by atoms with van der Waals surface area (Å²) in [6, 6.07) is 12.7. The van der Waals surface area contributed by atoms with Crippen molar-refractivity contribution < 1.29 is 14.5 Å². The maximum Gasteiger partial charge on any atom is 0.327 e. The molecule has 0 radical (unpaired) electrons. The number of H-pyrrole nitrogens is 2. The first kappa shape index (κ1) is 17.6. The van der Waals surface area contributed by atoms with Gasteiger partial charge in [0.2, 0.25) is 0 Å². The smallest absolute Gasteiger partial charge is 0.327 e. The Balaban J connectivity index is 1.76. The van der Waals surface area contributed by atoms with Crippen LogP contribution in [-0.2, 0) is 0 Å². The average molecular weight is 368 g/mol. The van der Waals surface area contributed by atoms with Crippen LogP contribution < -0.4 is 21.3 Å². The van der Waals surface area contributed by atoms with Crippen LogP contribution in [0, 0.1) is 10.1 Å². The van der Waals surface area contributed by atoms with Crippen molar-refractivity contribution in [1.82, 2.24) is 9.97 Å². The molecule has 3 N–H and O–H groups in total. The quantitative estimate of drug-likeness (QED) is 0.463. The van der Waals surface area contributed by atoms with Crippen molar-refractivity contribution in [1.29, 1.82) is 0 Å². The molecule has 27 heavy (non-hydrogen) atoms. The van der Waals surface area contributed by atoms with E-state index < -0.39 is 22.1 Å². The minimum Gasteiger partial charge on any atom is -0.457 e. The summed E-state index contributed by atoms with van der Waals surface area (Å²) in [6.45, 7) is 0. The maximum atomic E-state index is 12.3. The molecule has 0 aliphatic rings. The van der Waals surface area contributed by atoms with Crippen LogP contribution in [0.4, 0.5) is 11.5 Å². The van der Waals surface area contributed by atoms with Gasteiger partial charge >= 0.3 is 5.69 Å². The standard InChI is InChI=1S/C17H12N4O6/c22-15-9-14(19-17(24)20-15)18-16(23)10-2-1-3-13(8-10)27-12-6-4-11(5-7-12)21(25)26/h1-9H,(H3,18,19,20,22,23,24). The Kier molecular flexibility index (Phi) is 4.79. The summed E-state index contributed by atoms with van der Waals surface area (Å²) in [4.78, 5) is 49.2. The lowest BCUT2D eigenvalue weighted by molar-refractivity contribution is -0.384. The topological polar surface area (TPSA) is 147 Å². The van der Waals surface area contributed by atoms with Gasteiger partial charge in [-0.25, -0.2) is 4.79 Å². The number of carbonyl (C=O) groups excluding carboxylic acids is 1. The van der Waals surface area contributed by atoms with Crippen LogP contribution in [0.1, 0.15) is 10.4 Å². The second-order valence-corrected chi connectivity index (χ2v) is 5.34. The molecule has 3 rings (SSSR count). The van der Waals surface area contributed by atoms with E-state index in [9.17, 15) is 24.5 Å². The zero-order valence-electron chi connectivity index (χ0n) is 13.6. The van der Waals surface area contributed by atoms with Gasteiger partial charge in [0.25, 0.3) is 17.2 Å². The zero-order chi connectivity index (χ0) is 19.4. The average Bonchev–Trinajstić information content (AvgIpc) is 2.61. The summed E-state index contributed by atoms with van der Waals surface area (Å²) in [5, 5.41) is 13.1. The Hall–Kier alpha value is -4.21. The fourth-order valence-corrected chi connectivity index (χ4v) is 2.20. The molecule has 0 aliphatic carbocycles. The number of benzene rings is 2. The fourth-order valence-electron chi connectivity index (χ4n) is 2.20. The van der Waals surface area contributed by atoms with Crippen LogP contribution in [-0.4, -0.2) is 20.8 Å². The number of nitrogens with one attached hydrogen (secondary N) is 3. The zero-order valence-corrected chi connectivity index (χ0v) is 13.6. The summed E-state index contributed by atoms with van der Waals surface area (Å²) < 4.78 is 5.58. The Bertz CT molecular complexity index is 1090. The highest BCUT2D eigenvalue weighted by molar-refractivity contribution is 6.03. The summed E-state index contributed by atoms with van der Waals surface area (Å²) in [6.07, 6.45) is 0. The largest absolute Gasteiger partial charge is 0.457 e. The number of carbonyl (C=O) groups is 1. The third-order valence-corrected chi connectivity index (χ3v) is 3.39. The second kappa shape index (κ2) is 7.35. The highest BCUT2D eigenvalue weighted by Gasteiger charge is 2.10. The lowest BCUT2D eigenvalue weighted by Gasteiger charge is -2.08. The minimum atomic E-state index is -0.743. The van der Waals surface area contributed by atoms with E-state index in [-0.39, 0.29) is 17.1 Å². The molecule has 0 bridgehead atoms. The Morgan fingerprint density at radius 3 is 2.41 bits per heavy atom. The highest BCUT2D eigenvalue weighted by Crippen LogP contribution is 2.24. The highest BCUT2D eigenvalue weighted by atomic mass is 16.6. The van der Waals surface area contributed by atoms with E-state index in [2.05, 4.69) is 10.3 Å². The van der Waals surface area contributed by atoms with Gasteiger partial charge in [-0.3, -0.25) is 29.7 Å². The first-order valence-corrected chi connectivity index (χ1v) is 7.58. The molecule has 0 aliphatic heterocycles. The lowest BCUT2D eigenvalue weighted by Crippen LogP contribution is -2.24. The van der Waals surface area contributed by atoms with Crippen molar-refractivity contribution in [2.45, 2.75) is 0 Å². The molecule has 136 valence electrons. The van der Waals surface area contributed by atoms with E-state index >= 15 is 0 Å². The monoisotopic (exact) mass is 368 g/mol. The normalized spacial score (nSPS) is 10.2. The third-order valence-electron chi connectivity index (χ3n) is 3.39. The van der Waals surface area contributed by atoms with Crippen LogP contribution in [0.5, 0.6) is 11.5 Å². The fraction of sp³-hybridized carbons (Fsp3) is 0. The molecule has 1 heterocycles. The molecule has 0 saturated carbocycles. The van der Waals surface area contributed by atoms with E-state index in [1.807, 2.05) is 4.98 Å². The molecule has 0 atom stereocenters. The number of nitro benzene ring substituents is 1. The maximum absolute atomic E-state index is 12.3. The van der Waals surface area contributed by atoms with E-state index in [1.165, 1.54) is 36.4 Å². The Morgan fingerprint density at radius 2 is 1.74 bits per heavy atom. The number of nitro groups is 1. The Labute approximate surface area is 150 Å². The van der Waals surface area contributed by atoms with Crippen LogP contribution in [0.25, 0.3) is 0 Å². The molecule has 0 unspecified atom stereocenters. The van der Waals surface area contributed by atoms with Gasteiger partial charge < -0.3 is 10.1 Å². The van der Waals surface area contributed by atoms with Crippen molar-refractivity contribution in [3.8, 4) is 11.5 Å². The van der Waals surface area contributed by atoms with Crippen LogP contribution in [0.3, 0.4) is 0 Å². The molecular weight excluding hydrogens is 356 g/mol. The predicted octanol–water partition coefficient (Wildman–Crippen LogP) is 2.02. The molecule has 1 amide bonds. The number of ether oxygens (including phenoxy) is 1. The van der Waals surface area contributed by atoms with Gasteiger partial charge in [-0.05, 0) is 30.3 Å².